The maximum atomic E-state index is 13.3. The van der Waals surface area contributed by atoms with Gasteiger partial charge in [-0.2, -0.15) is 0 Å². The number of hydrogen-bond acceptors (Lipinski definition) is 4. The molecule has 2 heterocycles. The Hall–Kier alpha value is -1.98. The molecular formula is C17H19F2N3O. The minimum atomic E-state index is -0.517. The first-order valence-corrected chi connectivity index (χ1v) is 8.21. The van der Waals surface area contributed by atoms with Gasteiger partial charge in [0.15, 0.2) is 0 Å². The van der Waals surface area contributed by atoms with Crippen molar-refractivity contribution in [2.24, 2.45) is 5.92 Å². The summed E-state index contributed by atoms with van der Waals surface area (Å²) in [5.74, 6) is 0.496. The first-order chi connectivity index (χ1) is 11.2. The summed E-state index contributed by atoms with van der Waals surface area (Å²) in [5, 5.41) is 8.32. The molecule has 4 nitrogen and oxygen atoms in total. The van der Waals surface area contributed by atoms with Crippen LogP contribution in [0.5, 0.6) is 0 Å². The van der Waals surface area contributed by atoms with Gasteiger partial charge in [0.25, 0.3) is 0 Å². The molecule has 23 heavy (non-hydrogen) atoms. The molecule has 1 saturated carbocycles. The molecule has 2 fully saturated rings. The predicted octanol–water partition coefficient (Wildman–Crippen LogP) is 3.68. The molecule has 1 saturated heterocycles. The third-order valence-corrected chi connectivity index (χ3v) is 4.89. The number of halogens is 2. The number of nitrogens with zero attached hydrogens (tertiary/aromatic N) is 3. The van der Waals surface area contributed by atoms with Crippen LogP contribution in [0.1, 0.15) is 43.1 Å². The fourth-order valence-electron chi connectivity index (χ4n) is 3.41. The van der Waals surface area contributed by atoms with Gasteiger partial charge in [-0.1, -0.05) is 11.5 Å². The van der Waals surface area contributed by atoms with Crippen molar-refractivity contribution in [3.8, 4) is 0 Å². The molecule has 1 unspecified atom stereocenters. The fraction of sp³-hybridized carbons (Fsp3) is 0.529. The standard InChI is InChI=1S/C17H19F2N3O/c18-14-7-12(8-15(19)9-14)6-11-4-5-22(10-11)17-21-20-16(23-17)13-2-1-3-13/h7-9,11,13H,1-6,10H2. The van der Waals surface area contributed by atoms with E-state index in [-0.39, 0.29) is 0 Å². The molecule has 1 aromatic carbocycles. The maximum absolute atomic E-state index is 13.3. The van der Waals surface area contributed by atoms with E-state index in [4.69, 9.17) is 4.42 Å². The Morgan fingerprint density at radius 3 is 2.57 bits per heavy atom. The van der Waals surface area contributed by atoms with Crippen LogP contribution in [0.4, 0.5) is 14.8 Å². The smallest absolute Gasteiger partial charge is 0.318 e. The topological polar surface area (TPSA) is 42.2 Å². The molecule has 0 spiro atoms. The number of anilines is 1. The highest BCUT2D eigenvalue weighted by atomic mass is 19.1. The Labute approximate surface area is 133 Å². The van der Waals surface area contributed by atoms with Gasteiger partial charge in [-0.3, -0.25) is 0 Å². The minimum absolute atomic E-state index is 0.343. The summed E-state index contributed by atoms with van der Waals surface area (Å²) in [6.45, 7) is 1.62. The lowest BCUT2D eigenvalue weighted by Gasteiger charge is -2.21. The lowest BCUT2D eigenvalue weighted by molar-refractivity contribution is 0.336. The summed E-state index contributed by atoms with van der Waals surface area (Å²) in [4.78, 5) is 2.08. The van der Waals surface area contributed by atoms with Gasteiger partial charge in [0.1, 0.15) is 11.6 Å². The van der Waals surface area contributed by atoms with Gasteiger partial charge in [-0.25, -0.2) is 8.78 Å². The molecule has 0 N–H and O–H groups in total. The summed E-state index contributed by atoms with van der Waals surface area (Å²) in [6.07, 6.45) is 5.12. The Bertz CT molecular complexity index is 679. The van der Waals surface area contributed by atoms with Crippen molar-refractivity contribution >= 4 is 6.01 Å². The van der Waals surface area contributed by atoms with Gasteiger partial charge in [0.2, 0.25) is 5.89 Å². The summed E-state index contributed by atoms with van der Waals surface area (Å²) in [6, 6.07) is 4.31. The second kappa shape index (κ2) is 5.91. The molecule has 6 heteroatoms. The molecule has 4 rings (SSSR count). The average molecular weight is 319 g/mol. The predicted molar refractivity (Wildman–Crippen MR) is 81.3 cm³/mol. The summed E-state index contributed by atoms with van der Waals surface area (Å²) < 4.78 is 32.3. The molecule has 122 valence electrons. The molecule has 0 radical (unpaired) electrons. The number of aromatic nitrogens is 2. The quantitative estimate of drug-likeness (QED) is 0.862. The highest BCUT2D eigenvalue weighted by Gasteiger charge is 2.29. The van der Waals surface area contributed by atoms with Gasteiger partial charge >= 0.3 is 6.01 Å². The van der Waals surface area contributed by atoms with Crippen molar-refractivity contribution < 1.29 is 13.2 Å². The monoisotopic (exact) mass is 319 g/mol. The Morgan fingerprint density at radius 2 is 1.87 bits per heavy atom. The lowest BCUT2D eigenvalue weighted by atomic mass is 9.85. The third kappa shape index (κ3) is 3.07. The Kier molecular flexibility index (Phi) is 3.75. The average Bonchev–Trinajstić information content (AvgIpc) is 3.04. The molecule has 1 aromatic heterocycles. The van der Waals surface area contributed by atoms with E-state index in [9.17, 15) is 8.78 Å². The van der Waals surface area contributed by atoms with E-state index >= 15 is 0 Å². The summed E-state index contributed by atoms with van der Waals surface area (Å²) in [7, 11) is 0. The molecule has 0 bridgehead atoms. The van der Waals surface area contributed by atoms with Crippen LogP contribution in [-0.2, 0) is 6.42 Å². The van der Waals surface area contributed by atoms with E-state index < -0.39 is 11.6 Å². The number of hydrogen-bond donors (Lipinski definition) is 0. The van der Waals surface area contributed by atoms with Gasteiger partial charge in [-0.05, 0) is 49.3 Å². The van der Waals surface area contributed by atoms with Crippen molar-refractivity contribution in [2.75, 3.05) is 18.0 Å². The Morgan fingerprint density at radius 1 is 1.09 bits per heavy atom. The fourth-order valence-corrected chi connectivity index (χ4v) is 3.41. The SMILES string of the molecule is Fc1cc(F)cc(CC2CCN(c3nnc(C4CCC4)o3)C2)c1. The van der Waals surface area contributed by atoms with E-state index in [1.54, 1.807) is 0 Å². The highest BCUT2D eigenvalue weighted by molar-refractivity contribution is 5.28. The molecule has 1 aliphatic heterocycles. The zero-order valence-electron chi connectivity index (χ0n) is 12.8. The Balaban J connectivity index is 1.39. The van der Waals surface area contributed by atoms with Crippen molar-refractivity contribution in [1.82, 2.24) is 10.2 Å². The second-order valence-corrected chi connectivity index (χ2v) is 6.63. The largest absolute Gasteiger partial charge is 0.408 e. The van der Waals surface area contributed by atoms with Crippen LogP contribution in [0.25, 0.3) is 0 Å². The maximum Gasteiger partial charge on any atom is 0.318 e. The zero-order valence-corrected chi connectivity index (χ0v) is 12.8. The lowest BCUT2D eigenvalue weighted by Crippen LogP contribution is -2.20. The molecule has 1 atom stereocenters. The minimum Gasteiger partial charge on any atom is -0.408 e. The molecular weight excluding hydrogens is 300 g/mol. The first-order valence-electron chi connectivity index (χ1n) is 8.21. The van der Waals surface area contributed by atoms with Gasteiger partial charge in [-0.15, -0.1) is 5.10 Å². The van der Waals surface area contributed by atoms with Gasteiger partial charge < -0.3 is 9.32 Å². The zero-order chi connectivity index (χ0) is 15.8. The van der Waals surface area contributed by atoms with Crippen LogP contribution in [0.2, 0.25) is 0 Å². The second-order valence-electron chi connectivity index (χ2n) is 6.63. The molecule has 0 amide bonds. The third-order valence-electron chi connectivity index (χ3n) is 4.89. The van der Waals surface area contributed by atoms with Crippen LogP contribution < -0.4 is 4.90 Å². The van der Waals surface area contributed by atoms with Gasteiger partial charge in [0.05, 0.1) is 0 Å². The van der Waals surface area contributed by atoms with Crippen molar-refractivity contribution in [1.29, 1.82) is 0 Å². The van der Waals surface area contributed by atoms with Crippen molar-refractivity contribution in [3.63, 3.8) is 0 Å². The summed E-state index contributed by atoms with van der Waals surface area (Å²) >= 11 is 0. The normalized spacial score (nSPS) is 21.7. The van der Waals surface area contributed by atoms with Crippen LogP contribution in [0.3, 0.4) is 0 Å². The highest BCUT2D eigenvalue weighted by Crippen LogP contribution is 2.37. The van der Waals surface area contributed by atoms with Crippen molar-refractivity contribution in [3.05, 3.63) is 41.3 Å². The van der Waals surface area contributed by atoms with Crippen LogP contribution in [0, 0.1) is 17.6 Å². The van der Waals surface area contributed by atoms with Crippen LogP contribution in [-0.4, -0.2) is 23.3 Å². The van der Waals surface area contributed by atoms with E-state index in [0.717, 1.165) is 44.3 Å². The van der Waals surface area contributed by atoms with E-state index in [0.29, 0.717) is 29.8 Å². The van der Waals surface area contributed by atoms with E-state index in [1.807, 2.05) is 0 Å². The first kappa shape index (κ1) is 14.6. The van der Waals surface area contributed by atoms with E-state index in [2.05, 4.69) is 15.1 Å². The van der Waals surface area contributed by atoms with Crippen LogP contribution in [0.15, 0.2) is 22.6 Å². The molecule has 2 aliphatic rings. The molecule has 2 aromatic rings. The van der Waals surface area contributed by atoms with Gasteiger partial charge in [0, 0.05) is 25.1 Å². The molecule has 1 aliphatic carbocycles. The van der Waals surface area contributed by atoms with Crippen LogP contribution >= 0.6 is 0 Å². The summed E-state index contributed by atoms with van der Waals surface area (Å²) in [5.41, 5.74) is 0.704. The number of rotatable bonds is 4. The van der Waals surface area contributed by atoms with E-state index in [1.165, 1.54) is 18.6 Å². The van der Waals surface area contributed by atoms with Crippen molar-refractivity contribution in [2.45, 2.75) is 38.0 Å². The number of benzene rings is 1.